The molecule has 1 aromatic rings. The minimum Gasteiger partial charge on any atom is -0.422 e. The van der Waals surface area contributed by atoms with Crippen molar-refractivity contribution in [1.82, 2.24) is 10.2 Å². The maximum Gasteiger partial charge on any atom is 0.510 e. The lowest BCUT2D eigenvalue weighted by molar-refractivity contribution is 0.423. The van der Waals surface area contributed by atoms with Gasteiger partial charge < -0.3 is 15.8 Å². The number of aromatic nitrogens is 2. The molecule has 1 heterocycles. The average Bonchev–Trinajstić information content (AvgIpc) is 1.88. The summed E-state index contributed by atoms with van der Waals surface area (Å²) in [5.41, 5.74) is 5.28. The van der Waals surface area contributed by atoms with Crippen molar-refractivity contribution in [3.05, 3.63) is 12.1 Å². The molecule has 5 nitrogen and oxygen atoms in total. The van der Waals surface area contributed by atoms with Crippen LogP contribution in [0.4, 0.5) is 5.82 Å². The molecular weight excluding hydrogens is 133 g/mol. The molecule has 0 spiro atoms. The summed E-state index contributed by atoms with van der Waals surface area (Å²) in [7, 11) is -1.58. The summed E-state index contributed by atoms with van der Waals surface area (Å²) in [6.07, 6.45) is 0. The monoisotopic (exact) mass is 139 g/mol. The van der Waals surface area contributed by atoms with Crippen LogP contribution in [-0.4, -0.2) is 27.4 Å². The number of rotatable bonds is 1. The zero-order valence-electron chi connectivity index (χ0n) is 5.10. The summed E-state index contributed by atoms with van der Waals surface area (Å²) >= 11 is 0. The molecule has 1 rings (SSSR count). The highest BCUT2D eigenvalue weighted by Gasteiger charge is 2.11. The van der Waals surface area contributed by atoms with E-state index in [-0.39, 0.29) is 11.4 Å². The van der Waals surface area contributed by atoms with Crippen LogP contribution in [0, 0.1) is 0 Å². The summed E-state index contributed by atoms with van der Waals surface area (Å²) in [6, 6.07) is 2.84. The third-order valence-electron chi connectivity index (χ3n) is 0.970. The molecule has 4 N–H and O–H groups in total. The van der Waals surface area contributed by atoms with Crippen LogP contribution in [0.5, 0.6) is 0 Å². The summed E-state index contributed by atoms with van der Waals surface area (Å²) in [5.74, 6) is 0.254. The first-order valence-corrected chi connectivity index (χ1v) is 2.65. The lowest BCUT2D eigenvalue weighted by Crippen LogP contribution is -2.33. The van der Waals surface area contributed by atoms with Crippen molar-refractivity contribution in [3.8, 4) is 0 Å². The Bertz CT molecular complexity index is 212. The van der Waals surface area contributed by atoms with E-state index in [4.69, 9.17) is 15.8 Å². The molecule has 0 saturated carbocycles. The Morgan fingerprint density at radius 3 is 2.40 bits per heavy atom. The molecule has 52 valence electrons. The van der Waals surface area contributed by atoms with Gasteiger partial charge in [-0.2, -0.15) is 5.10 Å². The lowest BCUT2D eigenvalue weighted by Gasteiger charge is -1.95. The molecule has 0 radical (unpaired) electrons. The second kappa shape index (κ2) is 2.63. The van der Waals surface area contributed by atoms with Crippen LogP contribution in [-0.2, 0) is 0 Å². The summed E-state index contributed by atoms with van der Waals surface area (Å²) < 4.78 is 0. The third kappa shape index (κ3) is 1.43. The van der Waals surface area contributed by atoms with E-state index < -0.39 is 7.12 Å². The maximum absolute atomic E-state index is 8.53. The molecule has 0 unspecified atom stereocenters. The molecule has 1 aromatic heterocycles. The Morgan fingerprint density at radius 1 is 1.30 bits per heavy atom. The second-order valence-electron chi connectivity index (χ2n) is 1.76. The molecule has 0 aliphatic heterocycles. The van der Waals surface area contributed by atoms with Crippen molar-refractivity contribution < 1.29 is 10.0 Å². The van der Waals surface area contributed by atoms with Gasteiger partial charge in [0.15, 0.2) is 0 Å². The fourth-order valence-electron chi connectivity index (χ4n) is 0.491. The standard InChI is InChI=1S/C4H6BN3O2/c6-4-2-1-3(5(9)10)7-8-4/h1-2,9-10H,(H2,6,8). The van der Waals surface area contributed by atoms with Crippen LogP contribution in [0.3, 0.4) is 0 Å². The molecule has 0 fully saturated rings. The maximum atomic E-state index is 8.53. The zero-order valence-corrected chi connectivity index (χ0v) is 5.10. The first-order chi connectivity index (χ1) is 4.70. The van der Waals surface area contributed by atoms with Gasteiger partial charge in [0.2, 0.25) is 0 Å². The normalized spacial score (nSPS) is 9.40. The summed E-state index contributed by atoms with van der Waals surface area (Å²) in [4.78, 5) is 0. The van der Waals surface area contributed by atoms with Gasteiger partial charge in [-0.25, -0.2) is 0 Å². The molecule has 6 heteroatoms. The molecule has 0 saturated heterocycles. The molecular formula is C4H6BN3O2. The quantitative estimate of drug-likeness (QED) is 0.382. The van der Waals surface area contributed by atoms with E-state index in [1.807, 2.05) is 0 Å². The number of hydrogen-bond donors (Lipinski definition) is 3. The van der Waals surface area contributed by atoms with E-state index in [0.717, 1.165) is 0 Å². The second-order valence-corrected chi connectivity index (χ2v) is 1.76. The molecule has 0 bridgehead atoms. The Hall–Kier alpha value is -1.14. The highest BCUT2D eigenvalue weighted by molar-refractivity contribution is 6.57. The van der Waals surface area contributed by atoms with Gasteiger partial charge >= 0.3 is 7.12 Å². The van der Waals surface area contributed by atoms with Crippen molar-refractivity contribution in [2.45, 2.75) is 0 Å². The molecule has 0 aromatic carbocycles. The largest absolute Gasteiger partial charge is 0.510 e. The molecule has 0 atom stereocenters. The molecule has 0 aliphatic rings. The number of nitrogens with two attached hydrogens (primary N) is 1. The van der Waals surface area contributed by atoms with Crippen LogP contribution < -0.4 is 11.3 Å². The van der Waals surface area contributed by atoms with E-state index in [1.54, 1.807) is 0 Å². The average molecular weight is 139 g/mol. The van der Waals surface area contributed by atoms with Gasteiger partial charge in [-0.1, -0.05) is 0 Å². The van der Waals surface area contributed by atoms with E-state index >= 15 is 0 Å². The van der Waals surface area contributed by atoms with Crippen molar-refractivity contribution in [1.29, 1.82) is 0 Å². The fraction of sp³-hybridized carbons (Fsp3) is 0. The van der Waals surface area contributed by atoms with Crippen LogP contribution in [0.2, 0.25) is 0 Å². The Labute approximate surface area is 57.7 Å². The first-order valence-electron chi connectivity index (χ1n) is 2.65. The minimum absolute atomic E-state index is 0.0919. The van der Waals surface area contributed by atoms with Gasteiger partial charge in [0, 0.05) is 0 Å². The Morgan fingerprint density at radius 2 is 2.00 bits per heavy atom. The minimum atomic E-state index is -1.58. The predicted molar refractivity (Wildman–Crippen MR) is 36.3 cm³/mol. The van der Waals surface area contributed by atoms with Gasteiger partial charge in [0.1, 0.15) is 5.82 Å². The SMILES string of the molecule is Nc1ccc(B(O)O)nn1. The smallest absolute Gasteiger partial charge is 0.422 e. The highest BCUT2D eigenvalue weighted by atomic mass is 16.4. The van der Waals surface area contributed by atoms with E-state index in [0.29, 0.717) is 0 Å². The van der Waals surface area contributed by atoms with Crippen LogP contribution >= 0.6 is 0 Å². The number of anilines is 1. The zero-order chi connectivity index (χ0) is 7.56. The van der Waals surface area contributed by atoms with Gasteiger partial charge in [-0.15, -0.1) is 5.10 Å². The lowest BCUT2D eigenvalue weighted by atomic mass is 9.86. The summed E-state index contributed by atoms with van der Waals surface area (Å²) in [5, 5.41) is 23.9. The molecule has 0 aliphatic carbocycles. The van der Waals surface area contributed by atoms with Crippen LogP contribution in [0.25, 0.3) is 0 Å². The van der Waals surface area contributed by atoms with E-state index in [2.05, 4.69) is 10.2 Å². The van der Waals surface area contributed by atoms with Gasteiger partial charge in [-0.3, -0.25) is 0 Å². The highest BCUT2D eigenvalue weighted by Crippen LogP contribution is 1.86. The Balaban J connectivity index is 2.89. The Kier molecular flexibility index (Phi) is 1.84. The van der Waals surface area contributed by atoms with Crippen molar-refractivity contribution in [2.75, 3.05) is 5.73 Å². The van der Waals surface area contributed by atoms with Crippen molar-refractivity contribution in [2.24, 2.45) is 0 Å². The topological polar surface area (TPSA) is 92.3 Å². The van der Waals surface area contributed by atoms with Gasteiger partial charge in [0.05, 0.1) is 5.59 Å². The molecule has 0 amide bonds. The van der Waals surface area contributed by atoms with Crippen molar-refractivity contribution in [3.63, 3.8) is 0 Å². The molecule has 10 heavy (non-hydrogen) atoms. The summed E-state index contributed by atoms with van der Waals surface area (Å²) in [6.45, 7) is 0. The van der Waals surface area contributed by atoms with Gasteiger partial charge in [0.25, 0.3) is 0 Å². The van der Waals surface area contributed by atoms with E-state index in [9.17, 15) is 0 Å². The predicted octanol–water partition coefficient (Wildman–Crippen LogP) is -2.26. The first kappa shape index (κ1) is 6.98. The van der Waals surface area contributed by atoms with E-state index in [1.165, 1.54) is 12.1 Å². The van der Waals surface area contributed by atoms with Crippen LogP contribution in [0.1, 0.15) is 0 Å². The number of nitrogens with zero attached hydrogens (tertiary/aromatic N) is 2. The number of nitrogen functional groups attached to an aromatic ring is 1. The fourth-order valence-corrected chi connectivity index (χ4v) is 0.491. The third-order valence-corrected chi connectivity index (χ3v) is 0.970. The van der Waals surface area contributed by atoms with Gasteiger partial charge in [-0.05, 0) is 12.1 Å². The number of hydrogen-bond acceptors (Lipinski definition) is 5. The van der Waals surface area contributed by atoms with Crippen LogP contribution in [0.15, 0.2) is 12.1 Å². The van der Waals surface area contributed by atoms with Crippen molar-refractivity contribution >= 4 is 18.5 Å².